The third-order valence-electron chi connectivity index (χ3n) is 12.9. The number of anilines is 2. The molecule has 8 heterocycles. The molecule has 2 atom stereocenters. The maximum atomic E-state index is 13.8. The van der Waals surface area contributed by atoms with Gasteiger partial charge in [0, 0.05) is 70.6 Å². The number of alkyl halides is 2. The van der Waals surface area contributed by atoms with E-state index in [1.165, 1.54) is 37.1 Å². The quantitative estimate of drug-likeness (QED) is 0.168. The van der Waals surface area contributed by atoms with Crippen molar-refractivity contribution in [2.24, 2.45) is 5.92 Å². The van der Waals surface area contributed by atoms with Crippen LogP contribution in [0.15, 0.2) is 91.5 Å². The number of pyridine rings is 3. The van der Waals surface area contributed by atoms with Gasteiger partial charge in [-0.2, -0.15) is 10.2 Å². The van der Waals surface area contributed by atoms with E-state index in [0.29, 0.717) is 47.7 Å². The van der Waals surface area contributed by atoms with Crippen molar-refractivity contribution in [2.45, 2.75) is 99.5 Å². The largest absolute Gasteiger partial charge is 0.482 e. The SMILES string of the molecule is C.CCn1nc(OC)c2c1-c1cnc(N)c(c1)OC(C)c1cc(C)ccc1-n1nc(C(F)F)cc1C2.Cc1ccc2c(c1)C(C)Oc1cc(cnc1N)-c1c(CC3CC3)cnn1Cc1cccnc1-2. The lowest BCUT2D eigenvalue weighted by atomic mass is 9.95. The molecule has 4 bridgehead atoms. The second-order valence-electron chi connectivity index (χ2n) is 17.8. The minimum Gasteiger partial charge on any atom is -0.482 e. The topological polar surface area (TPSA) is 172 Å². The molecule has 1 saturated carbocycles. The summed E-state index contributed by atoms with van der Waals surface area (Å²) in [4.78, 5) is 13.7. The Balaban J connectivity index is 0.000000170. The third kappa shape index (κ3) is 8.98. The number of nitrogens with zero attached hydrogens (tertiary/aromatic N) is 9. The first-order chi connectivity index (χ1) is 32.9. The molecule has 16 heteroatoms. The van der Waals surface area contributed by atoms with Crippen LogP contribution in [-0.4, -0.2) is 51.4 Å². The van der Waals surface area contributed by atoms with Crippen molar-refractivity contribution in [3.63, 3.8) is 0 Å². The number of rotatable bonds is 5. The first kappa shape index (κ1) is 46.5. The van der Waals surface area contributed by atoms with Gasteiger partial charge in [-0.1, -0.05) is 55.0 Å². The summed E-state index contributed by atoms with van der Waals surface area (Å²) >= 11 is 0. The number of nitrogens with two attached hydrogens (primary N) is 2. The number of aryl methyl sites for hydroxylation is 3. The summed E-state index contributed by atoms with van der Waals surface area (Å²) < 4.78 is 51.4. The Labute approximate surface area is 400 Å². The van der Waals surface area contributed by atoms with E-state index in [2.05, 4.69) is 63.0 Å². The molecule has 69 heavy (non-hydrogen) atoms. The average molecular weight is 934 g/mol. The maximum Gasteiger partial charge on any atom is 0.282 e. The normalized spacial score (nSPS) is 15.7. The van der Waals surface area contributed by atoms with Crippen molar-refractivity contribution in [1.82, 2.24) is 44.3 Å². The van der Waals surface area contributed by atoms with Gasteiger partial charge in [-0.05, 0) is 101 Å². The molecule has 0 spiro atoms. The Morgan fingerprint density at radius 2 is 1.48 bits per heavy atom. The molecule has 3 aliphatic rings. The van der Waals surface area contributed by atoms with Crippen molar-refractivity contribution >= 4 is 11.6 Å². The van der Waals surface area contributed by atoms with Crippen LogP contribution in [0, 0.1) is 19.8 Å². The zero-order valence-electron chi connectivity index (χ0n) is 38.9. The first-order valence-electron chi connectivity index (χ1n) is 22.9. The summed E-state index contributed by atoms with van der Waals surface area (Å²) in [5, 5.41) is 13.7. The molecule has 2 unspecified atom stereocenters. The van der Waals surface area contributed by atoms with Crippen LogP contribution in [-0.2, 0) is 25.9 Å². The molecule has 2 aliphatic heterocycles. The number of benzene rings is 2. The molecule has 1 aliphatic carbocycles. The zero-order valence-corrected chi connectivity index (χ0v) is 38.9. The van der Waals surface area contributed by atoms with Crippen LogP contribution < -0.4 is 25.7 Å². The fourth-order valence-electron chi connectivity index (χ4n) is 9.34. The van der Waals surface area contributed by atoms with Crippen LogP contribution in [0.3, 0.4) is 0 Å². The molecular formula is C53H57F2N11O3. The van der Waals surface area contributed by atoms with Gasteiger partial charge < -0.3 is 25.7 Å². The van der Waals surface area contributed by atoms with Crippen LogP contribution in [0.25, 0.3) is 39.5 Å². The monoisotopic (exact) mass is 933 g/mol. The van der Waals surface area contributed by atoms with Crippen LogP contribution in [0.4, 0.5) is 20.4 Å². The number of nitrogen functional groups attached to an aromatic ring is 2. The van der Waals surface area contributed by atoms with Gasteiger partial charge in [-0.3, -0.25) is 14.3 Å². The third-order valence-corrected chi connectivity index (χ3v) is 12.9. The summed E-state index contributed by atoms with van der Waals surface area (Å²) in [7, 11) is 1.54. The lowest BCUT2D eigenvalue weighted by molar-refractivity contribution is 0.145. The van der Waals surface area contributed by atoms with Crippen molar-refractivity contribution in [2.75, 3.05) is 18.6 Å². The summed E-state index contributed by atoms with van der Waals surface area (Å²) in [6.07, 6.45) is 7.85. The van der Waals surface area contributed by atoms with Gasteiger partial charge in [0.05, 0.1) is 42.6 Å². The van der Waals surface area contributed by atoms with E-state index in [0.717, 1.165) is 73.9 Å². The molecule has 356 valence electrons. The van der Waals surface area contributed by atoms with Crippen molar-refractivity contribution < 1.29 is 23.0 Å². The van der Waals surface area contributed by atoms with E-state index in [-0.39, 0.29) is 31.5 Å². The standard InChI is InChI=1S/C27H27N5O.C25H26F2N6O2.CH4/c1-16-5-8-22-23(10-16)17(2)33-24-12-21(13-30-27(24)28)26-20(11-18-6-7-18)14-31-32(26)15-19-4-3-9-29-25(19)22;1-5-32-22-15-9-21(24(28)29-12-15)35-14(3)17-8-13(2)6-7-20(17)33-16(11-19(30-33)23(26)27)10-18(22)25(31-32)34-4;/h3-5,8-10,12-14,17-18H,6-7,11,15H2,1-2H3,(H2,28,30);6-9,11-12,14,23H,5,10H2,1-4H3,(H2,28,29);1H4. The van der Waals surface area contributed by atoms with Crippen LogP contribution in [0.5, 0.6) is 17.4 Å². The van der Waals surface area contributed by atoms with Crippen LogP contribution >= 0.6 is 0 Å². The molecule has 11 rings (SSSR count). The van der Waals surface area contributed by atoms with E-state index >= 15 is 0 Å². The molecule has 0 amide bonds. The number of halogens is 2. The van der Waals surface area contributed by atoms with Crippen molar-refractivity contribution in [3.8, 4) is 56.8 Å². The van der Waals surface area contributed by atoms with Gasteiger partial charge in [-0.25, -0.2) is 23.4 Å². The molecule has 14 nitrogen and oxygen atoms in total. The van der Waals surface area contributed by atoms with Crippen molar-refractivity contribution in [3.05, 3.63) is 142 Å². The first-order valence-corrected chi connectivity index (χ1v) is 22.9. The number of hydrogen-bond acceptors (Lipinski definition) is 11. The van der Waals surface area contributed by atoms with Crippen molar-refractivity contribution in [1.29, 1.82) is 0 Å². The Morgan fingerprint density at radius 3 is 2.14 bits per heavy atom. The maximum absolute atomic E-state index is 13.8. The van der Waals surface area contributed by atoms with Gasteiger partial charge in [0.25, 0.3) is 6.43 Å². The molecule has 0 saturated heterocycles. The molecule has 4 N–H and O–H groups in total. The number of aromatic nitrogens is 9. The molecule has 0 radical (unpaired) electrons. The highest BCUT2D eigenvalue weighted by molar-refractivity contribution is 5.72. The van der Waals surface area contributed by atoms with Gasteiger partial charge >= 0.3 is 0 Å². The minimum absolute atomic E-state index is 0. The minimum atomic E-state index is -2.72. The van der Waals surface area contributed by atoms with Gasteiger partial charge in [0.1, 0.15) is 17.9 Å². The number of hydrogen-bond donors (Lipinski definition) is 2. The fraction of sp³-hybridized carbons (Fsp3) is 0.321. The van der Waals surface area contributed by atoms with E-state index in [1.54, 1.807) is 15.6 Å². The Bertz CT molecular complexity index is 3190. The Kier molecular flexibility index (Phi) is 12.7. The van der Waals surface area contributed by atoms with Gasteiger partial charge in [0.2, 0.25) is 5.88 Å². The van der Waals surface area contributed by atoms with E-state index in [1.807, 2.05) is 75.8 Å². The predicted molar refractivity (Wildman–Crippen MR) is 263 cm³/mol. The van der Waals surface area contributed by atoms with E-state index < -0.39 is 12.5 Å². The Morgan fingerprint density at radius 1 is 0.812 bits per heavy atom. The highest BCUT2D eigenvalue weighted by Gasteiger charge is 2.29. The highest BCUT2D eigenvalue weighted by Crippen LogP contribution is 2.42. The van der Waals surface area contributed by atoms with Gasteiger partial charge in [-0.15, -0.1) is 5.10 Å². The molecule has 6 aromatic heterocycles. The molecule has 2 aromatic carbocycles. The summed E-state index contributed by atoms with van der Waals surface area (Å²) in [5.41, 5.74) is 26.1. The van der Waals surface area contributed by atoms with Crippen LogP contribution in [0.2, 0.25) is 0 Å². The summed E-state index contributed by atoms with van der Waals surface area (Å²) in [5.74, 6) is 2.82. The zero-order chi connectivity index (χ0) is 47.4. The van der Waals surface area contributed by atoms with Crippen LogP contribution in [0.1, 0.15) is 110 Å². The predicted octanol–water partition coefficient (Wildman–Crippen LogP) is 11.0. The second-order valence-corrected chi connectivity index (χ2v) is 17.8. The smallest absolute Gasteiger partial charge is 0.282 e. The number of fused-ring (bicyclic) bond motifs is 14. The average Bonchev–Trinajstić information content (AvgIpc) is 3.74. The fourth-order valence-corrected chi connectivity index (χ4v) is 9.34. The lowest BCUT2D eigenvalue weighted by Crippen LogP contribution is -2.13. The lowest BCUT2D eigenvalue weighted by Gasteiger charge is -2.22. The van der Waals surface area contributed by atoms with Gasteiger partial charge in [0.15, 0.2) is 23.1 Å². The highest BCUT2D eigenvalue weighted by atomic mass is 19.3. The summed E-state index contributed by atoms with van der Waals surface area (Å²) in [6.45, 7) is 11.2. The van der Waals surface area contributed by atoms with E-state index in [9.17, 15) is 8.78 Å². The molecular weight excluding hydrogens is 877 g/mol. The number of methoxy groups -OCH3 is 1. The number of ether oxygens (including phenoxy) is 3. The second kappa shape index (κ2) is 18.8. The summed E-state index contributed by atoms with van der Waals surface area (Å²) in [6, 6.07) is 21.6. The Hall–Kier alpha value is -7.62. The van der Waals surface area contributed by atoms with E-state index in [4.69, 9.17) is 35.8 Å². The molecule has 1 fully saturated rings. The molecule has 8 aromatic rings.